The van der Waals surface area contributed by atoms with Gasteiger partial charge in [-0.3, -0.25) is 14.5 Å². The highest BCUT2D eigenvalue weighted by molar-refractivity contribution is 6.02. The van der Waals surface area contributed by atoms with Crippen molar-refractivity contribution in [2.45, 2.75) is 39.2 Å². The molecule has 0 atom stereocenters. The minimum atomic E-state index is -1.10. The van der Waals surface area contributed by atoms with Gasteiger partial charge in [0.2, 0.25) is 5.91 Å². The van der Waals surface area contributed by atoms with Crippen LogP contribution in [-0.4, -0.2) is 59.0 Å². The Kier molecular flexibility index (Phi) is 3.61. The van der Waals surface area contributed by atoms with Crippen molar-refractivity contribution in [2.75, 3.05) is 26.2 Å². The molecule has 1 heterocycles. The number of piperazine rings is 1. The molecule has 18 heavy (non-hydrogen) atoms. The Morgan fingerprint density at radius 2 is 1.67 bits per heavy atom. The Morgan fingerprint density at radius 1 is 1.11 bits per heavy atom. The van der Waals surface area contributed by atoms with E-state index in [1.54, 1.807) is 4.90 Å². The van der Waals surface area contributed by atoms with Crippen molar-refractivity contribution in [1.82, 2.24) is 9.80 Å². The smallest absolute Gasteiger partial charge is 0.319 e. The van der Waals surface area contributed by atoms with Crippen LogP contribution in [0, 0.1) is 5.41 Å². The molecule has 2 rings (SSSR count). The minimum absolute atomic E-state index is 0.162. The van der Waals surface area contributed by atoms with E-state index in [1.807, 2.05) is 0 Å². The van der Waals surface area contributed by atoms with Crippen LogP contribution < -0.4 is 0 Å². The van der Waals surface area contributed by atoms with Crippen molar-refractivity contribution in [3.63, 3.8) is 0 Å². The molecule has 1 N–H and O–H groups in total. The summed E-state index contributed by atoms with van der Waals surface area (Å²) in [5, 5.41) is 9.27. The molecule has 0 spiro atoms. The zero-order chi connectivity index (χ0) is 13.3. The van der Waals surface area contributed by atoms with Crippen LogP contribution in [0.2, 0.25) is 0 Å². The summed E-state index contributed by atoms with van der Waals surface area (Å²) < 4.78 is 0. The molecule has 5 heteroatoms. The highest BCUT2D eigenvalue weighted by Gasteiger charge is 2.53. The van der Waals surface area contributed by atoms with Gasteiger partial charge >= 0.3 is 5.97 Å². The summed E-state index contributed by atoms with van der Waals surface area (Å²) in [5.74, 6) is -1.10. The van der Waals surface area contributed by atoms with Crippen LogP contribution in [0.4, 0.5) is 0 Å². The molecule has 1 amide bonds. The molecule has 1 saturated carbocycles. The van der Waals surface area contributed by atoms with Gasteiger partial charge in [0.15, 0.2) is 0 Å². The molecular formula is C13H22N2O3. The van der Waals surface area contributed by atoms with Crippen LogP contribution in [0.1, 0.15) is 33.1 Å². The number of aliphatic carboxylic acids is 1. The first kappa shape index (κ1) is 13.3. The van der Waals surface area contributed by atoms with Crippen molar-refractivity contribution < 1.29 is 14.7 Å². The van der Waals surface area contributed by atoms with Crippen LogP contribution >= 0.6 is 0 Å². The fourth-order valence-corrected chi connectivity index (χ4v) is 2.79. The molecule has 0 aromatic rings. The molecule has 0 radical (unpaired) electrons. The quantitative estimate of drug-likeness (QED) is 0.757. The predicted octanol–water partition coefficient (Wildman–Crippen LogP) is 0.794. The lowest BCUT2D eigenvalue weighted by molar-refractivity contribution is -0.168. The number of carboxylic acids is 1. The normalized spacial score (nSPS) is 23.8. The van der Waals surface area contributed by atoms with E-state index < -0.39 is 11.4 Å². The third kappa shape index (κ3) is 2.11. The van der Waals surface area contributed by atoms with E-state index in [0.717, 1.165) is 19.5 Å². The molecule has 1 aliphatic heterocycles. The molecule has 2 fully saturated rings. The molecule has 1 saturated heterocycles. The van der Waals surface area contributed by atoms with Crippen LogP contribution in [0.15, 0.2) is 0 Å². The Morgan fingerprint density at radius 3 is 2.00 bits per heavy atom. The number of hydrogen-bond donors (Lipinski definition) is 1. The predicted molar refractivity (Wildman–Crippen MR) is 67.2 cm³/mol. The van der Waals surface area contributed by atoms with Crippen molar-refractivity contribution >= 4 is 11.9 Å². The van der Waals surface area contributed by atoms with Gasteiger partial charge in [0.25, 0.3) is 0 Å². The number of carbonyl (C=O) groups excluding carboxylic acids is 1. The molecule has 0 unspecified atom stereocenters. The molecule has 0 aromatic carbocycles. The van der Waals surface area contributed by atoms with Crippen molar-refractivity contribution in [2.24, 2.45) is 5.41 Å². The van der Waals surface area contributed by atoms with Crippen molar-refractivity contribution in [3.8, 4) is 0 Å². The van der Waals surface area contributed by atoms with Crippen LogP contribution in [0.5, 0.6) is 0 Å². The van der Waals surface area contributed by atoms with Crippen molar-refractivity contribution in [3.05, 3.63) is 0 Å². The Balaban J connectivity index is 1.97. The van der Waals surface area contributed by atoms with Gasteiger partial charge in [-0.15, -0.1) is 0 Å². The van der Waals surface area contributed by atoms with E-state index in [1.165, 1.54) is 0 Å². The Bertz CT molecular complexity index is 342. The molecule has 5 nitrogen and oxygen atoms in total. The Labute approximate surface area is 108 Å². The van der Waals surface area contributed by atoms with Gasteiger partial charge in [0.1, 0.15) is 5.41 Å². The highest BCUT2D eigenvalue weighted by atomic mass is 16.4. The van der Waals surface area contributed by atoms with Gasteiger partial charge in [0, 0.05) is 32.2 Å². The number of nitrogens with zero attached hydrogens (tertiary/aromatic N) is 2. The summed E-state index contributed by atoms with van der Waals surface area (Å²) in [7, 11) is 0. The maximum atomic E-state index is 12.3. The molecule has 1 aliphatic carbocycles. The lowest BCUT2D eigenvalue weighted by atomic mass is 9.67. The monoisotopic (exact) mass is 254 g/mol. The fraction of sp³-hybridized carbons (Fsp3) is 0.846. The van der Waals surface area contributed by atoms with Gasteiger partial charge in [-0.05, 0) is 26.7 Å². The standard InChI is InChI=1S/C13H22N2O3/c1-10(2)14-6-8-15(9-7-14)11(16)13(12(17)18)4-3-5-13/h10H,3-9H2,1-2H3,(H,17,18). The van der Waals surface area contributed by atoms with Gasteiger partial charge in [-0.1, -0.05) is 6.42 Å². The van der Waals surface area contributed by atoms with E-state index >= 15 is 0 Å². The lowest BCUT2D eigenvalue weighted by Crippen LogP contribution is -2.58. The number of hydrogen-bond acceptors (Lipinski definition) is 3. The zero-order valence-corrected chi connectivity index (χ0v) is 11.2. The summed E-state index contributed by atoms with van der Waals surface area (Å²) in [6.07, 6.45) is 1.86. The van der Waals surface area contributed by atoms with Gasteiger partial charge < -0.3 is 10.0 Å². The van der Waals surface area contributed by atoms with Crippen LogP contribution in [0.3, 0.4) is 0 Å². The van der Waals surface area contributed by atoms with E-state index in [-0.39, 0.29) is 5.91 Å². The van der Waals surface area contributed by atoms with Crippen LogP contribution in [0.25, 0.3) is 0 Å². The van der Waals surface area contributed by atoms with Gasteiger partial charge in [-0.25, -0.2) is 0 Å². The average Bonchev–Trinajstić information content (AvgIpc) is 2.27. The second-order valence-electron chi connectivity index (χ2n) is 5.66. The van der Waals surface area contributed by atoms with Gasteiger partial charge in [0.05, 0.1) is 0 Å². The minimum Gasteiger partial charge on any atom is -0.480 e. The summed E-state index contributed by atoms with van der Waals surface area (Å²) in [6.45, 7) is 7.29. The summed E-state index contributed by atoms with van der Waals surface area (Å²) >= 11 is 0. The summed E-state index contributed by atoms with van der Waals surface area (Å²) in [6, 6.07) is 0.486. The van der Waals surface area contributed by atoms with Crippen LogP contribution in [-0.2, 0) is 9.59 Å². The first-order valence-corrected chi connectivity index (χ1v) is 6.74. The molecular weight excluding hydrogens is 232 g/mol. The molecule has 2 aliphatic rings. The number of carbonyl (C=O) groups is 2. The number of carboxylic acid groups (broad SMARTS) is 1. The third-order valence-electron chi connectivity index (χ3n) is 4.36. The average molecular weight is 254 g/mol. The van der Waals surface area contributed by atoms with Crippen molar-refractivity contribution in [1.29, 1.82) is 0 Å². The SMILES string of the molecule is CC(C)N1CCN(C(=O)C2(C(=O)O)CCC2)CC1. The Hall–Kier alpha value is -1.10. The first-order valence-electron chi connectivity index (χ1n) is 6.74. The summed E-state index contributed by atoms with van der Waals surface area (Å²) in [4.78, 5) is 27.7. The maximum absolute atomic E-state index is 12.3. The number of rotatable bonds is 3. The van der Waals surface area contributed by atoms with E-state index in [0.29, 0.717) is 32.0 Å². The molecule has 0 bridgehead atoms. The van der Waals surface area contributed by atoms with Gasteiger partial charge in [-0.2, -0.15) is 0 Å². The molecule has 0 aromatic heterocycles. The first-order chi connectivity index (χ1) is 8.47. The topological polar surface area (TPSA) is 60.9 Å². The third-order valence-corrected chi connectivity index (χ3v) is 4.36. The lowest BCUT2D eigenvalue weighted by Gasteiger charge is -2.43. The van der Waals surface area contributed by atoms with E-state index in [2.05, 4.69) is 18.7 Å². The zero-order valence-electron chi connectivity index (χ0n) is 11.2. The fourth-order valence-electron chi connectivity index (χ4n) is 2.79. The van der Waals surface area contributed by atoms with E-state index in [4.69, 9.17) is 0 Å². The number of amides is 1. The molecule has 102 valence electrons. The maximum Gasteiger partial charge on any atom is 0.319 e. The second-order valence-corrected chi connectivity index (χ2v) is 5.66. The highest BCUT2D eigenvalue weighted by Crippen LogP contribution is 2.43. The summed E-state index contributed by atoms with van der Waals surface area (Å²) in [5.41, 5.74) is -1.10. The van der Waals surface area contributed by atoms with E-state index in [9.17, 15) is 14.7 Å². The largest absolute Gasteiger partial charge is 0.480 e. The second kappa shape index (κ2) is 4.88.